The summed E-state index contributed by atoms with van der Waals surface area (Å²) in [6.07, 6.45) is 4.33. The van der Waals surface area contributed by atoms with Crippen LogP contribution in [0.3, 0.4) is 0 Å². The Hall–Kier alpha value is -2.14. The topological polar surface area (TPSA) is 53.4 Å². The largest absolute Gasteiger partial charge is 0.372 e. The Bertz CT molecular complexity index is 603. The summed E-state index contributed by atoms with van der Waals surface area (Å²) < 4.78 is 0. The summed E-state index contributed by atoms with van der Waals surface area (Å²) in [5.74, 6) is 0.560. The number of rotatable bonds is 4. The van der Waals surface area contributed by atoms with Gasteiger partial charge in [0, 0.05) is 18.8 Å². The van der Waals surface area contributed by atoms with Crippen LogP contribution in [0.5, 0.6) is 0 Å². The zero-order valence-electron chi connectivity index (χ0n) is 11.5. The summed E-state index contributed by atoms with van der Waals surface area (Å²) in [5.41, 5.74) is 5.13. The predicted octanol–water partition coefficient (Wildman–Crippen LogP) is 3.18. The van der Waals surface area contributed by atoms with Crippen LogP contribution in [0, 0.1) is 0 Å². The molecule has 0 aliphatic carbocycles. The second-order valence-corrected chi connectivity index (χ2v) is 5.28. The van der Waals surface area contributed by atoms with E-state index >= 15 is 0 Å². The van der Waals surface area contributed by atoms with E-state index in [2.05, 4.69) is 49.9 Å². The molecule has 6 heteroatoms. The number of halogens is 1. The normalized spacial score (nSPS) is 14.8. The van der Waals surface area contributed by atoms with Gasteiger partial charge in [0.25, 0.3) is 0 Å². The van der Waals surface area contributed by atoms with Gasteiger partial charge >= 0.3 is 0 Å². The highest BCUT2D eigenvalue weighted by Gasteiger charge is 2.11. The predicted molar refractivity (Wildman–Crippen MR) is 86.1 cm³/mol. The molecule has 0 saturated carbocycles. The monoisotopic (exact) mass is 301 g/mol. The fourth-order valence-electron chi connectivity index (χ4n) is 2.30. The van der Waals surface area contributed by atoms with Crippen molar-refractivity contribution in [2.45, 2.75) is 12.8 Å². The lowest BCUT2D eigenvalue weighted by molar-refractivity contribution is 0.949. The van der Waals surface area contributed by atoms with Crippen molar-refractivity contribution in [3.05, 3.63) is 47.1 Å². The highest BCUT2D eigenvalue weighted by atomic mass is 35.5. The van der Waals surface area contributed by atoms with Crippen LogP contribution < -0.4 is 10.3 Å². The van der Waals surface area contributed by atoms with E-state index in [9.17, 15) is 0 Å². The number of benzene rings is 1. The maximum absolute atomic E-state index is 5.67. The molecule has 1 N–H and O–H groups in total. The number of nitrogens with zero attached hydrogens (tertiary/aromatic N) is 4. The van der Waals surface area contributed by atoms with Gasteiger partial charge < -0.3 is 4.90 Å². The minimum atomic E-state index is 0.363. The molecule has 1 aliphatic heterocycles. The van der Waals surface area contributed by atoms with E-state index in [0.29, 0.717) is 11.0 Å². The molecule has 5 nitrogen and oxygen atoms in total. The van der Waals surface area contributed by atoms with E-state index < -0.39 is 0 Å². The number of hydrazone groups is 1. The summed E-state index contributed by atoms with van der Waals surface area (Å²) in [5, 5.41) is 12.1. The molecular weight excluding hydrogens is 286 g/mol. The molecule has 21 heavy (non-hydrogen) atoms. The van der Waals surface area contributed by atoms with E-state index in [1.54, 1.807) is 18.3 Å². The van der Waals surface area contributed by atoms with Gasteiger partial charge in [0.1, 0.15) is 0 Å². The van der Waals surface area contributed by atoms with Crippen LogP contribution in [0.25, 0.3) is 0 Å². The third-order valence-electron chi connectivity index (χ3n) is 3.39. The summed E-state index contributed by atoms with van der Waals surface area (Å²) in [6, 6.07) is 11.8. The number of hydrogen-bond donors (Lipinski definition) is 1. The van der Waals surface area contributed by atoms with Gasteiger partial charge in [-0.25, -0.2) is 0 Å². The van der Waals surface area contributed by atoms with E-state index in [0.717, 1.165) is 18.7 Å². The Morgan fingerprint density at radius 3 is 2.48 bits per heavy atom. The molecular formula is C15H16ClN5. The van der Waals surface area contributed by atoms with Crippen molar-refractivity contribution in [2.24, 2.45) is 5.10 Å². The highest BCUT2D eigenvalue weighted by Crippen LogP contribution is 2.19. The van der Waals surface area contributed by atoms with Crippen LogP contribution in [0.2, 0.25) is 5.15 Å². The van der Waals surface area contributed by atoms with Gasteiger partial charge in [-0.3, -0.25) is 5.43 Å². The van der Waals surface area contributed by atoms with Crippen molar-refractivity contribution < 1.29 is 0 Å². The van der Waals surface area contributed by atoms with Crippen LogP contribution in [0.15, 0.2) is 41.5 Å². The van der Waals surface area contributed by atoms with Crippen LogP contribution in [-0.4, -0.2) is 29.5 Å². The molecule has 1 aromatic carbocycles. The van der Waals surface area contributed by atoms with Gasteiger partial charge in [0.15, 0.2) is 11.0 Å². The van der Waals surface area contributed by atoms with E-state index in [1.165, 1.54) is 18.5 Å². The molecule has 1 saturated heterocycles. The van der Waals surface area contributed by atoms with Crippen LogP contribution in [0.4, 0.5) is 11.5 Å². The summed E-state index contributed by atoms with van der Waals surface area (Å²) >= 11 is 5.67. The van der Waals surface area contributed by atoms with Crippen LogP contribution >= 0.6 is 11.6 Å². The first-order valence-electron chi connectivity index (χ1n) is 6.94. The Balaban J connectivity index is 1.59. The third kappa shape index (κ3) is 3.70. The molecule has 0 unspecified atom stereocenters. The lowest BCUT2D eigenvalue weighted by Crippen LogP contribution is -2.17. The number of hydrogen-bond acceptors (Lipinski definition) is 5. The summed E-state index contributed by atoms with van der Waals surface area (Å²) in [6.45, 7) is 2.31. The van der Waals surface area contributed by atoms with Crippen molar-refractivity contribution >= 4 is 29.3 Å². The Morgan fingerprint density at radius 2 is 1.81 bits per heavy atom. The van der Waals surface area contributed by atoms with Crippen molar-refractivity contribution in [1.29, 1.82) is 0 Å². The Kier molecular flexibility index (Phi) is 4.31. The smallest absolute Gasteiger partial charge is 0.168 e. The molecule has 0 bridgehead atoms. The second kappa shape index (κ2) is 6.54. The second-order valence-electron chi connectivity index (χ2n) is 4.90. The first-order valence-corrected chi connectivity index (χ1v) is 7.32. The summed E-state index contributed by atoms with van der Waals surface area (Å²) in [4.78, 5) is 2.41. The fourth-order valence-corrected chi connectivity index (χ4v) is 2.40. The lowest BCUT2D eigenvalue weighted by Gasteiger charge is -2.17. The van der Waals surface area contributed by atoms with E-state index in [-0.39, 0.29) is 0 Å². The van der Waals surface area contributed by atoms with Gasteiger partial charge in [0.05, 0.1) is 6.21 Å². The molecule has 0 atom stereocenters. The zero-order valence-corrected chi connectivity index (χ0v) is 12.3. The van der Waals surface area contributed by atoms with Gasteiger partial charge in [0.2, 0.25) is 0 Å². The number of nitrogens with one attached hydrogen (secondary N) is 1. The summed E-state index contributed by atoms with van der Waals surface area (Å²) in [7, 11) is 0. The first-order chi connectivity index (χ1) is 10.3. The Morgan fingerprint density at radius 1 is 1.05 bits per heavy atom. The highest BCUT2D eigenvalue weighted by molar-refractivity contribution is 6.29. The van der Waals surface area contributed by atoms with Crippen LogP contribution in [-0.2, 0) is 0 Å². The van der Waals surface area contributed by atoms with Gasteiger partial charge in [-0.2, -0.15) is 5.10 Å². The molecule has 1 fully saturated rings. The SMILES string of the molecule is Clc1ccc(N/N=C/c2ccc(N3CCCC3)cc2)nn1. The van der Waals surface area contributed by atoms with Crippen molar-refractivity contribution in [1.82, 2.24) is 10.2 Å². The Labute approximate surface area is 128 Å². The maximum Gasteiger partial charge on any atom is 0.168 e. The standard InChI is InChI=1S/C15H16ClN5/c16-14-7-8-15(20-18-14)19-17-11-12-3-5-13(6-4-12)21-9-1-2-10-21/h3-8,11H,1-2,9-10H2,(H,19,20)/b17-11+. The minimum Gasteiger partial charge on any atom is -0.372 e. The van der Waals surface area contributed by atoms with E-state index in [1.807, 2.05) is 0 Å². The average molecular weight is 302 g/mol. The first kappa shape index (κ1) is 13.8. The minimum absolute atomic E-state index is 0.363. The molecule has 2 heterocycles. The molecule has 108 valence electrons. The molecule has 0 amide bonds. The zero-order chi connectivity index (χ0) is 14.5. The molecule has 1 aliphatic rings. The third-order valence-corrected chi connectivity index (χ3v) is 3.59. The number of anilines is 2. The van der Waals surface area contributed by atoms with Crippen molar-refractivity contribution in [2.75, 3.05) is 23.4 Å². The quantitative estimate of drug-likeness (QED) is 0.696. The van der Waals surface area contributed by atoms with Gasteiger partial charge in [-0.05, 0) is 42.7 Å². The van der Waals surface area contributed by atoms with Gasteiger partial charge in [-0.15, -0.1) is 10.2 Å². The molecule has 3 rings (SSSR count). The molecule has 0 radical (unpaired) electrons. The average Bonchev–Trinajstić information content (AvgIpc) is 3.04. The molecule has 2 aromatic rings. The molecule has 0 spiro atoms. The van der Waals surface area contributed by atoms with Crippen molar-refractivity contribution in [3.8, 4) is 0 Å². The van der Waals surface area contributed by atoms with E-state index in [4.69, 9.17) is 11.6 Å². The maximum atomic E-state index is 5.67. The fraction of sp³-hybridized carbons (Fsp3) is 0.267. The van der Waals surface area contributed by atoms with Gasteiger partial charge in [-0.1, -0.05) is 23.7 Å². The number of aromatic nitrogens is 2. The van der Waals surface area contributed by atoms with Crippen LogP contribution in [0.1, 0.15) is 18.4 Å². The molecule has 1 aromatic heterocycles. The van der Waals surface area contributed by atoms with Crippen molar-refractivity contribution in [3.63, 3.8) is 0 Å². The lowest BCUT2D eigenvalue weighted by atomic mass is 10.2.